The van der Waals surface area contributed by atoms with Crippen LogP contribution in [0.1, 0.15) is 5.56 Å². The molecule has 0 fully saturated rings. The number of carbonyl (C=O) groups is 1. The van der Waals surface area contributed by atoms with Crippen molar-refractivity contribution in [2.45, 2.75) is 12.5 Å². The summed E-state index contributed by atoms with van der Waals surface area (Å²) < 4.78 is 5.11. The van der Waals surface area contributed by atoms with E-state index in [1.54, 1.807) is 18.2 Å². The van der Waals surface area contributed by atoms with Crippen LogP contribution in [0.25, 0.3) is 0 Å². The summed E-state index contributed by atoms with van der Waals surface area (Å²) in [4.78, 5) is 11.0. The molecule has 0 spiro atoms. The Bertz CT molecular complexity index is 368. The van der Waals surface area contributed by atoms with Gasteiger partial charge in [0.05, 0.1) is 12.1 Å². The van der Waals surface area contributed by atoms with Crippen LogP contribution in [0.15, 0.2) is 22.7 Å². The maximum absolute atomic E-state index is 11.0. The number of carbonyl (C=O) groups excluding carboxylic acids is 1. The van der Waals surface area contributed by atoms with Gasteiger partial charge in [0.15, 0.2) is 6.10 Å². The van der Waals surface area contributed by atoms with E-state index in [2.05, 4.69) is 20.7 Å². The number of rotatable bonds is 3. The minimum atomic E-state index is -1.16. The Morgan fingerprint density at radius 1 is 1.67 bits per heavy atom. The highest BCUT2D eigenvalue weighted by molar-refractivity contribution is 9.10. The van der Waals surface area contributed by atoms with Crippen LogP contribution in [0.5, 0.6) is 0 Å². The van der Waals surface area contributed by atoms with Crippen LogP contribution in [0.2, 0.25) is 5.02 Å². The number of ether oxygens (including phenoxy) is 1. The van der Waals surface area contributed by atoms with Crippen molar-refractivity contribution in [3.05, 3.63) is 33.3 Å². The van der Waals surface area contributed by atoms with E-state index in [9.17, 15) is 9.90 Å². The Morgan fingerprint density at radius 3 is 2.93 bits per heavy atom. The van der Waals surface area contributed by atoms with Gasteiger partial charge in [-0.2, -0.15) is 0 Å². The average molecular weight is 294 g/mol. The van der Waals surface area contributed by atoms with Crippen molar-refractivity contribution in [2.24, 2.45) is 0 Å². The topological polar surface area (TPSA) is 46.5 Å². The van der Waals surface area contributed by atoms with E-state index in [1.807, 2.05) is 0 Å². The molecule has 0 heterocycles. The first-order valence-electron chi connectivity index (χ1n) is 4.25. The zero-order chi connectivity index (χ0) is 11.4. The maximum atomic E-state index is 11.0. The van der Waals surface area contributed by atoms with Gasteiger partial charge in [-0.3, -0.25) is 0 Å². The van der Waals surface area contributed by atoms with Crippen LogP contribution in [-0.4, -0.2) is 24.3 Å². The molecule has 5 heteroatoms. The summed E-state index contributed by atoms with van der Waals surface area (Å²) in [6.07, 6.45) is -0.988. The Hall–Kier alpha value is -0.580. The van der Waals surface area contributed by atoms with E-state index >= 15 is 0 Å². The summed E-state index contributed by atoms with van der Waals surface area (Å²) in [6.45, 7) is 0. The van der Waals surface area contributed by atoms with Gasteiger partial charge in [-0.15, -0.1) is 0 Å². The Morgan fingerprint density at radius 2 is 2.33 bits per heavy atom. The predicted octanol–water partition coefficient (Wildman–Crippen LogP) is 2.18. The summed E-state index contributed by atoms with van der Waals surface area (Å²) in [5, 5.41) is 9.99. The first-order valence-corrected chi connectivity index (χ1v) is 5.42. The van der Waals surface area contributed by atoms with Crippen molar-refractivity contribution in [3.8, 4) is 0 Å². The molecule has 1 rings (SSSR count). The fourth-order valence-corrected chi connectivity index (χ4v) is 1.75. The molecule has 0 radical (unpaired) electrons. The summed E-state index contributed by atoms with van der Waals surface area (Å²) in [5.41, 5.74) is 0.764. The van der Waals surface area contributed by atoms with Crippen LogP contribution in [0.3, 0.4) is 0 Å². The standard InChI is InChI=1S/C10H10BrClO3/c1-15-10(14)8(13)5-6-3-2-4-7(12)9(6)11/h2-4,8,13H,5H2,1H3. The SMILES string of the molecule is COC(=O)C(O)Cc1cccc(Cl)c1Br. The van der Waals surface area contributed by atoms with Crippen molar-refractivity contribution in [1.29, 1.82) is 0 Å². The van der Waals surface area contributed by atoms with Crippen molar-refractivity contribution in [1.82, 2.24) is 0 Å². The van der Waals surface area contributed by atoms with Crippen molar-refractivity contribution >= 4 is 33.5 Å². The predicted molar refractivity (Wildman–Crippen MR) is 60.9 cm³/mol. The van der Waals surface area contributed by atoms with Gasteiger partial charge in [0.25, 0.3) is 0 Å². The van der Waals surface area contributed by atoms with Gasteiger partial charge in [-0.1, -0.05) is 23.7 Å². The minimum Gasteiger partial charge on any atom is -0.467 e. The average Bonchev–Trinajstić information content (AvgIpc) is 2.23. The lowest BCUT2D eigenvalue weighted by Crippen LogP contribution is -2.24. The van der Waals surface area contributed by atoms with Gasteiger partial charge in [-0.05, 0) is 27.6 Å². The van der Waals surface area contributed by atoms with Gasteiger partial charge in [0.1, 0.15) is 0 Å². The minimum absolute atomic E-state index is 0.174. The molecule has 1 N–H and O–H groups in total. The lowest BCUT2D eigenvalue weighted by molar-refractivity contribution is -0.150. The largest absolute Gasteiger partial charge is 0.467 e. The van der Waals surface area contributed by atoms with E-state index in [0.29, 0.717) is 9.50 Å². The molecule has 0 amide bonds. The van der Waals surface area contributed by atoms with Gasteiger partial charge in [0, 0.05) is 10.9 Å². The van der Waals surface area contributed by atoms with E-state index in [0.717, 1.165) is 5.56 Å². The maximum Gasteiger partial charge on any atom is 0.335 e. The van der Waals surface area contributed by atoms with Crippen LogP contribution >= 0.6 is 27.5 Å². The van der Waals surface area contributed by atoms with E-state index in [-0.39, 0.29) is 6.42 Å². The smallest absolute Gasteiger partial charge is 0.335 e. The number of aliphatic hydroxyl groups excluding tert-OH is 1. The molecular weight excluding hydrogens is 283 g/mol. The molecule has 1 unspecified atom stereocenters. The molecule has 0 aliphatic rings. The van der Waals surface area contributed by atoms with Crippen LogP contribution in [0.4, 0.5) is 0 Å². The van der Waals surface area contributed by atoms with Crippen molar-refractivity contribution < 1.29 is 14.6 Å². The third-order valence-corrected chi connectivity index (χ3v) is 3.40. The zero-order valence-electron chi connectivity index (χ0n) is 8.04. The monoisotopic (exact) mass is 292 g/mol. The Balaban J connectivity index is 2.81. The molecule has 0 aliphatic heterocycles. The van der Waals surface area contributed by atoms with Gasteiger partial charge in [-0.25, -0.2) is 4.79 Å². The Labute approximate surface area is 101 Å². The van der Waals surface area contributed by atoms with Crippen molar-refractivity contribution in [3.63, 3.8) is 0 Å². The van der Waals surface area contributed by atoms with E-state index in [4.69, 9.17) is 11.6 Å². The molecule has 0 aliphatic carbocycles. The summed E-state index contributed by atoms with van der Waals surface area (Å²) in [7, 11) is 1.23. The number of methoxy groups -OCH3 is 1. The lowest BCUT2D eigenvalue weighted by atomic mass is 10.1. The molecular formula is C10H10BrClO3. The second kappa shape index (κ2) is 5.49. The molecule has 1 atom stereocenters. The first kappa shape index (κ1) is 12.5. The molecule has 3 nitrogen and oxygen atoms in total. The second-order valence-corrected chi connectivity index (χ2v) is 4.16. The lowest BCUT2D eigenvalue weighted by Gasteiger charge is -2.10. The van der Waals surface area contributed by atoms with E-state index in [1.165, 1.54) is 7.11 Å². The van der Waals surface area contributed by atoms with Gasteiger partial charge >= 0.3 is 5.97 Å². The summed E-state index contributed by atoms with van der Waals surface area (Å²) in [6, 6.07) is 5.26. The zero-order valence-corrected chi connectivity index (χ0v) is 10.4. The number of hydrogen-bond acceptors (Lipinski definition) is 3. The fourth-order valence-electron chi connectivity index (χ4n) is 1.13. The summed E-state index contributed by atoms with van der Waals surface area (Å²) >= 11 is 9.15. The van der Waals surface area contributed by atoms with Crippen LogP contribution < -0.4 is 0 Å². The normalized spacial score (nSPS) is 12.3. The molecule has 0 aromatic heterocycles. The highest BCUT2D eigenvalue weighted by atomic mass is 79.9. The fraction of sp³-hybridized carbons (Fsp3) is 0.300. The van der Waals surface area contributed by atoms with Crippen LogP contribution in [0, 0.1) is 0 Å². The highest BCUT2D eigenvalue weighted by Crippen LogP contribution is 2.26. The number of hydrogen-bond donors (Lipinski definition) is 1. The Kier molecular flexibility index (Phi) is 4.57. The summed E-state index contributed by atoms with van der Waals surface area (Å²) in [5.74, 6) is -0.651. The van der Waals surface area contributed by atoms with E-state index < -0.39 is 12.1 Å². The molecule has 1 aromatic rings. The number of esters is 1. The number of halogens is 2. The van der Waals surface area contributed by atoms with Gasteiger partial charge < -0.3 is 9.84 Å². The first-order chi connectivity index (χ1) is 7.06. The molecule has 1 aromatic carbocycles. The molecule has 0 saturated heterocycles. The molecule has 15 heavy (non-hydrogen) atoms. The van der Waals surface area contributed by atoms with Crippen LogP contribution in [-0.2, 0) is 16.0 Å². The number of aliphatic hydroxyl groups is 1. The molecule has 0 saturated carbocycles. The van der Waals surface area contributed by atoms with Crippen molar-refractivity contribution in [2.75, 3.05) is 7.11 Å². The molecule has 82 valence electrons. The third kappa shape index (κ3) is 3.19. The second-order valence-electron chi connectivity index (χ2n) is 2.96. The quantitative estimate of drug-likeness (QED) is 0.869. The molecule has 0 bridgehead atoms. The van der Waals surface area contributed by atoms with Gasteiger partial charge in [0.2, 0.25) is 0 Å². The number of benzene rings is 1. The third-order valence-electron chi connectivity index (χ3n) is 1.92. The highest BCUT2D eigenvalue weighted by Gasteiger charge is 2.17.